The van der Waals surface area contributed by atoms with E-state index in [1.54, 1.807) is 24.3 Å². The Morgan fingerprint density at radius 1 is 1.18 bits per heavy atom. The number of carbonyl (C=O) groups excluding carboxylic acids is 2. The van der Waals surface area contributed by atoms with Crippen LogP contribution in [-0.2, 0) is 20.5 Å². The molecule has 0 aliphatic heterocycles. The summed E-state index contributed by atoms with van der Waals surface area (Å²) < 4.78 is 48.3. The Morgan fingerprint density at radius 2 is 1.89 bits per heavy atom. The lowest BCUT2D eigenvalue weighted by Gasteiger charge is -2.10. The molecular formula is C19H15ClF3NO4. The number of alkyl halides is 3. The molecule has 0 radical (unpaired) electrons. The van der Waals surface area contributed by atoms with E-state index in [-0.39, 0.29) is 5.56 Å². The number of halogens is 4. The van der Waals surface area contributed by atoms with Crippen LogP contribution in [0.1, 0.15) is 11.1 Å². The van der Waals surface area contributed by atoms with Crippen LogP contribution in [0.3, 0.4) is 0 Å². The van der Waals surface area contributed by atoms with Crippen molar-refractivity contribution in [3.8, 4) is 5.75 Å². The van der Waals surface area contributed by atoms with E-state index in [0.29, 0.717) is 11.4 Å². The molecule has 0 aliphatic carbocycles. The number of para-hydroxylation sites is 2. The highest BCUT2D eigenvalue weighted by atomic mass is 35.5. The molecule has 0 fully saturated rings. The van der Waals surface area contributed by atoms with Gasteiger partial charge in [-0.1, -0.05) is 29.8 Å². The van der Waals surface area contributed by atoms with Crippen LogP contribution < -0.4 is 10.1 Å². The molecule has 148 valence electrons. The minimum atomic E-state index is -4.61. The third-order valence-corrected chi connectivity index (χ3v) is 3.76. The maximum Gasteiger partial charge on any atom is 0.417 e. The number of nitrogens with one attached hydrogen (secondary N) is 1. The van der Waals surface area contributed by atoms with Crippen molar-refractivity contribution < 1.29 is 32.2 Å². The lowest BCUT2D eigenvalue weighted by molar-refractivity contribution is -0.142. The van der Waals surface area contributed by atoms with Crippen LogP contribution in [0, 0.1) is 0 Å². The lowest BCUT2D eigenvalue weighted by Crippen LogP contribution is -2.20. The average Bonchev–Trinajstić information content (AvgIpc) is 2.65. The molecule has 28 heavy (non-hydrogen) atoms. The largest absolute Gasteiger partial charge is 0.495 e. The summed E-state index contributed by atoms with van der Waals surface area (Å²) in [6.45, 7) is -0.574. The first kappa shape index (κ1) is 21.3. The molecule has 2 aromatic rings. The van der Waals surface area contributed by atoms with Crippen molar-refractivity contribution in [2.75, 3.05) is 19.0 Å². The number of carbonyl (C=O) groups is 2. The average molecular weight is 414 g/mol. The molecule has 0 heterocycles. The number of hydrogen-bond donors (Lipinski definition) is 1. The van der Waals surface area contributed by atoms with Gasteiger partial charge in [0.05, 0.1) is 23.4 Å². The zero-order chi connectivity index (χ0) is 20.7. The van der Waals surface area contributed by atoms with Gasteiger partial charge < -0.3 is 14.8 Å². The molecule has 9 heteroatoms. The van der Waals surface area contributed by atoms with Crippen molar-refractivity contribution in [1.29, 1.82) is 0 Å². The van der Waals surface area contributed by atoms with Crippen molar-refractivity contribution in [2.45, 2.75) is 6.18 Å². The summed E-state index contributed by atoms with van der Waals surface area (Å²) >= 11 is 5.53. The van der Waals surface area contributed by atoms with Gasteiger partial charge in [0, 0.05) is 6.08 Å². The van der Waals surface area contributed by atoms with Gasteiger partial charge in [-0.25, -0.2) is 4.79 Å². The second kappa shape index (κ2) is 9.27. The number of hydrogen-bond acceptors (Lipinski definition) is 4. The van der Waals surface area contributed by atoms with Gasteiger partial charge in [0.2, 0.25) is 0 Å². The topological polar surface area (TPSA) is 64.6 Å². The van der Waals surface area contributed by atoms with E-state index < -0.39 is 35.2 Å². The Bertz CT molecular complexity index is 897. The summed E-state index contributed by atoms with van der Waals surface area (Å²) in [6, 6.07) is 9.86. The molecule has 0 unspecified atom stereocenters. The van der Waals surface area contributed by atoms with Gasteiger partial charge in [-0.15, -0.1) is 0 Å². The lowest BCUT2D eigenvalue weighted by atomic mass is 10.1. The first-order valence-electron chi connectivity index (χ1n) is 7.85. The first-order chi connectivity index (χ1) is 13.2. The second-order valence-electron chi connectivity index (χ2n) is 5.43. The van der Waals surface area contributed by atoms with Gasteiger partial charge in [0.1, 0.15) is 5.75 Å². The van der Waals surface area contributed by atoms with Crippen molar-refractivity contribution in [3.05, 3.63) is 64.7 Å². The number of anilines is 1. The van der Waals surface area contributed by atoms with E-state index in [2.05, 4.69) is 5.32 Å². The predicted octanol–water partition coefficient (Wildman–Crippen LogP) is 4.56. The SMILES string of the molecule is COc1ccccc1NC(=O)COC(=O)/C=C/c1ccc(Cl)c(C(F)(F)F)c1. The Labute approximate surface area is 163 Å². The Hall–Kier alpha value is -3.00. The minimum absolute atomic E-state index is 0.104. The molecule has 1 amide bonds. The predicted molar refractivity (Wildman–Crippen MR) is 98.1 cm³/mol. The van der Waals surface area contributed by atoms with E-state index in [4.69, 9.17) is 21.1 Å². The molecule has 2 rings (SSSR count). The highest BCUT2D eigenvalue weighted by Gasteiger charge is 2.33. The Kier molecular flexibility index (Phi) is 7.06. The van der Waals surface area contributed by atoms with Crippen LogP contribution in [0.5, 0.6) is 5.75 Å². The highest BCUT2D eigenvalue weighted by Crippen LogP contribution is 2.35. The molecule has 0 spiro atoms. The maximum absolute atomic E-state index is 12.8. The van der Waals surface area contributed by atoms with Crippen LogP contribution in [0.25, 0.3) is 6.08 Å². The highest BCUT2D eigenvalue weighted by molar-refractivity contribution is 6.31. The number of benzene rings is 2. The molecule has 0 aromatic heterocycles. The van der Waals surface area contributed by atoms with Crippen LogP contribution in [0.2, 0.25) is 5.02 Å². The molecule has 0 atom stereocenters. The fourth-order valence-corrected chi connectivity index (χ4v) is 2.37. The fraction of sp³-hybridized carbons (Fsp3) is 0.158. The number of ether oxygens (including phenoxy) is 2. The van der Waals surface area contributed by atoms with E-state index in [9.17, 15) is 22.8 Å². The van der Waals surface area contributed by atoms with Gasteiger partial charge in [0.25, 0.3) is 5.91 Å². The standard InChI is InChI=1S/C19H15ClF3NO4/c1-27-16-5-3-2-4-15(16)24-17(25)11-28-18(26)9-7-12-6-8-14(20)13(10-12)19(21,22)23/h2-10H,11H2,1H3,(H,24,25)/b9-7+. The van der Waals surface area contributed by atoms with Crippen LogP contribution >= 0.6 is 11.6 Å². The molecule has 5 nitrogen and oxygen atoms in total. The summed E-state index contributed by atoms with van der Waals surface area (Å²) in [5.74, 6) is -1.05. The fourth-order valence-electron chi connectivity index (χ4n) is 2.15. The quantitative estimate of drug-likeness (QED) is 0.557. The van der Waals surface area contributed by atoms with Crippen molar-refractivity contribution in [2.24, 2.45) is 0 Å². The Morgan fingerprint density at radius 3 is 2.57 bits per heavy atom. The van der Waals surface area contributed by atoms with E-state index >= 15 is 0 Å². The molecule has 2 aromatic carbocycles. The normalized spacial score (nSPS) is 11.3. The van der Waals surface area contributed by atoms with E-state index in [0.717, 1.165) is 24.3 Å². The molecular weight excluding hydrogens is 399 g/mol. The number of methoxy groups -OCH3 is 1. The van der Waals surface area contributed by atoms with Crippen molar-refractivity contribution in [3.63, 3.8) is 0 Å². The van der Waals surface area contributed by atoms with E-state index in [1.807, 2.05) is 0 Å². The van der Waals surface area contributed by atoms with Gasteiger partial charge >= 0.3 is 12.1 Å². The van der Waals surface area contributed by atoms with Crippen LogP contribution in [0.4, 0.5) is 18.9 Å². The zero-order valence-electron chi connectivity index (χ0n) is 14.5. The molecule has 1 N–H and O–H groups in total. The summed E-state index contributed by atoms with van der Waals surface area (Å²) in [5.41, 5.74) is -0.504. The van der Waals surface area contributed by atoms with Crippen molar-refractivity contribution >= 4 is 35.2 Å². The summed E-state index contributed by atoms with van der Waals surface area (Å²) in [6.07, 6.45) is -2.57. The minimum Gasteiger partial charge on any atom is -0.495 e. The third-order valence-electron chi connectivity index (χ3n) is 3.43. The number of rotatable bonds is 6. The first-order valence-corrected chi connectivity index (χ1v) is 8.23. The van der Waals surface area contributed by atoms with Gasteiger partial charge in [-0.3, -0.25) is 4.79 Å². The maximum atomic E-state index is 12.8. The second-order valence-corrected chi connectivity index (χ2v) is 5.83. The van der Waals surface area contributed by atoms with Gasteiger partial charge in [0.15, 0.2) is 6.61 Å². The molecule has 0 aliphatic rings. The molecule has 0 saturated carbocycles. The van der Waals surface area contributed by atoms with Crippen LogP contribution in [-0.4, -0.2) is 25.6 Å². The Balaban J connectivity index is 1.93. The van der Waals surface area contributed by atoms with Crippen molar-refractivity contribution in [1.82, 2.24) is 0 Å². The molecule has 0 bridgehead atoms. The van der Waals surface area contributed by atoms with Gasteiger partial charge in [-0.2, -0.15) is 13.2 Å². The number of esters is 1. The summed E-state index contributed by atoms with van der Waals surface area (Å²) in [7, 11) is 1.44. The van der Waals surface area contributed by atoms with Crippen LogP contribution in [0.15, 0.2) is 48.5 Å². The van der Waals surface area contributed by atoms with Gasteiger partial charge in [-0.05, 0) is 35.9 Å². The number of amides is 1. The smallest absolute Gasteiger partial charge is 0.417 e. The summed E-state index contributed by atoms with van der Waals surface area (Å²) in [5, 5.41) is 2.07. The zero-order valence-corrected chi connectivity index (χ0v) is 15.3. The third kappa shape index (κ3) is 6.02. The van der Waals surface area contributed by atoms with E-state index in [1.165, 1.54) is 13.2 Å². The monoisotopic (exact) mass is 413 g/mol. The summed E-state index contributed by atoms with van der Waals surface area (Å²) in [4.78, 5) is 23.5. The molecule has 0 saturated heterocycles.